The Kier molecular flexibility index (Phi) is 8.08. The van der Waals surface area contributed by atoms with Gasteiger partial charge in [0.05, 0.1) is 26.4 Å². The zero-order chi connectivity index (χ0) is 18.1. The topological polar surface area (TPSA) is 111 Å². The first-order valence-electron chi connectivity index (χ1n) is 9.30. The van der Waals surface area contributed by atoms with E-state index in [0.717, 1.165) is 0 Å². The Labute approximate surface area is 149 Å². The van der Waals surface area contributed by atoms with Gasteiger partial charge >= 0.3 is 0 Å². The van der Waals surface area contributed by atoms with Crippen LogP contribution in [0.5, 0.6) is 0 Å². The third-order valence-corrected chi connectivity index (χ3v) is 5.03. The molecule has 2 fully saturated rings. The van der Waals surface area contributed by atoms with Crippen molar-refractivity contribution in [1.29, 1.82) is 0 Å². The maximum absolute atomic E-state index is 13.4. The predicted octanol–water partition coefficient (Wildman–Crippen LogP) is -0.832. The summed E-state index contributed by atoms with van der Waals surface area (Å²) in [5, 5.41) is 0. The average Bonchev–Trinajstić information content (AvgIpc) is 2.69. The third kappa shape index (κ3) is 4.91. The highest BCUT2D eigenvalue weighted by Crippen LogP contribution is 2.35. The Bertz CT molecular complexity index is 394. The van der Waals surface area contributed by atoms with E-state index in [1.807, 2.05) is 0 Å². The summed E-state index contributed by atoms with van der Waals surface area (Å²) in [7, 11) is 0. The van der Waals surface area contributed by atoms with Crippen molar-refractivity contribution in [2.75, 3.05) is 65.7 Å². The molecule has 0 spiro atoms. The summed E-state index contributed by atoms with van der Waals surface area (Å²) >= 11 is 0. The number of hydrogen-bond acceptors (Lipinski definition) is 6. The summed E-state index contributed by atoms with van der Waals surface area (Å²) in [6.07, 6.45) is 2.21. The van der Waals surface area contributed by atoms with Crippen molar-refractivity contribution in [2.24, 2.45) is 16.9 Å². The van der Waals surface area contributed by atoms with E-state index < -0.39 is 5.41 Å². The van der Waals surface area contributed by atoms with Gasteiger partial charge in [-0.2, -0.15) is 0 Å². The van der Waals surface area contributed by atoms with Gasteiger partial charge < -0.3 is 30.7 Å². The molecule has 0 aromatic heterocycles. The molecule has 2 rings (SSSR count). The van der Waals surface area contributed by atoms with Gasteiger partial charge in [-0.25, -0.2) is 0 Å². The fourth-order valence-corrected chi connectivity index (χ4v) is 3.59. The smallest absolute Gasteiger partial charge is 0.238 e. The van der Waals surface area contributed by atoms with E-state index >= 15 is 0 Å². The first kappa shape index (κ1) is 20.1. The quantitative estimate of drug-likeness (QED) is 0.549. The van der Waals surface area contributed by atoms with E-state index in [1.165, 1.54) is 0 Å². The maximum Gasteiger partial charge on any atom is 0.238 e. The van der Waals surface area contributed by atoms with Gasteiger partial charge in [0.15, 0.2) is 0 Å². The van der Waals surface area contributed by atoms with Crippen LogP contribution in [0, 0.1) is 5.41 Å². The Balaban J connectivity index is 2.27. The molecule has 0 radical (unpaired) electrons. The van der Waals surface area contributed by atoms with E-state index in [0.29, 0.717) is 91.4 Å². The maximum atomic E-state index is 13.4. The van der Waals surface area contributed by atoms with Crippen LogP contribution in [0.3, 0.4) is 0 Å². The standard InChI is InChI=1S/C17H32N4O4/c18-5-1-3-17(4-2-6-19,15(22)20-7-11-24-12-8-20)16(23)21-9-13-25-14-10-21/h1-14,18-19H2. The molecule has 2 amide bonds. The van der Waals surface area contributed by atoms with Crippen molar-refractivity contribution in [1.82, 2.24) is 9.80 Å². The SMILES string of the molecule is NCCCC(CCCN)(C(=O)N1CCOCC1)C(=O)N1CCOCC1. The molecule has 25 heavy (non-hydrogen) atoms. The predicted molar refractivity (Wildman–Crippen MR) is 93.8 cm³/mol. The number of amides is 2. The summed E-state index contributed by atoms with van der Waals surface area (Å²) in [6, 6.07) is 0. The van der Waals surface area contributed by atoms with Gasteiger partial charge in [0.25, 0.3) is 0 Å². The van der Waals surface area contributed by atoms with Crippen molar-refractivity contribution in [2.45, 2.75) is 25.7 Å². The summed E-state index contributed by atoms with van der Waals surface area (Å²) in [5.74, 6) is -0.177. The highest BCUT2D eigenvalue weighted by atomic mass is 16.5. The molecule has 144 valence electrons. The van der Waals surface area contributed by atoms with E-state index in [2.05, 4.69) is 0 Å². The van der Waals surface area contributed by atoms with Gasteiger partial charge in [0, 0.05) is 26.2 Å². The first-order valence-corrected chi connectivity index (χ1v) is 9.30. The fourth-order valence-electron chi connectivity index (χ4n) is 3.59. The Morgan fingerprint density at radius 3 is 1.44 bits per heavy atom. The van der Waals surface area contributed by atoms with Crippen LogP contribution in [0.2, 0.25) is 0 Å². The molecule has 0 atom stereocenters. The summed E-state index contributed by atoms with van der Waals surface area (Å²) < 4.78 is 10.7. The molecule has 2 heterocycles. The lowest BCUT2D eigenvalue weighted by Gasteiger charge is -2.41. The Hall–Kier alpha value is -1.22. The molecule has 0 unspecified atom stereocenters. The molecule has 2 aliphatic heterocycles. The van der Waals surface area contributed by atoms with E-state index in [9.17, 15) is 9.59 Å². The van der Waals surface area contributed by atoms with Gasteiger partial charge in [-0.05, 0) is 38.8 Å². The second kappa shape index (κ2) is 10.1. The van der Waals surface area contributed by atoms with E-state index in [4.69, 9.17) is 20.9 Å². The van der Waals surface area contributed by atoms with E-state index in [-0.39, 0.29) is 11.8 Å². The lowest BCUT2D eigenvalue weighted by atomic mass is 9.75. The van der Waals surface area contributed by atoms with Crippen molar-refractivity contribution in [3.8, 4) is 0 Å². The minimum Gasteiger partial charge on any atom is -0.378 e. The molecule has 0 bridgehead atoms. The molecular formula is C17H32N4O4. The van der Waals surface area contributed by atoms with Crippen LogP contribution in [0.1, 0.15) is 25.7 Å². The monoisotopic (exact) mass is 356 g/mol. The molecular weight excluding hydrogens is 324 g/mol. The van der Waals surface area contributed by atoms with Crippen LogP contribution in [0.15, 0.2) is 0 Å². The molecule has 2 saturated heterocycles. The van der Waals surface area contributed by atoms with Crippen LogP contribution in [0.4, 0.5) is 0 Å². The highest BCUT2D eigenvalue weighted by molar-refractivity contribution is 6.05. The first-order chi connectivity index (χ1) is 12.2. The molecule has 0 saturated carbocycles. The molecule has 0 aliphatic carbocycles. The molecule has 8 nitrogen and oxygen atoms in total. The number of ether oxygens (including phenoxy) is 2. The summed E-state index contributed by atoms with van der Waals surface area (Å²) in [6.45, 7) is 5.09. The van der Waals surface area contributed by atoms with Crippen molar-refractivity contribution < 1.29 is 19.1 Å². The fraction of sp³-hybridized carbons (Fsp3) is 0.882. The number of rotatable bonds is 8. The Morgan fingerprint density at radius 1 is 0.760 bits per heavy atom. The minimum absolute atomic E-state index is 0.0887. The van der Waals surface area contributed by atoms with Gasteiger partial charge in [-0.1, -0.05) is 0 Å². The Morgan fingerprint density at radius 2 is 1.12 bits per heavy atom. The number of hydrogen-bond donors (Lipinski definition) is 2. The highest BCUT2D eigenvalue weighted by Gasteiger charge is 2.49. The molecule has 4 N–H and O–H groups in total. The second-order valence-electron chi connectivity index (χ2n) is 6.68. The average molecular weight is 356 g/mol. The molecule has 8 heteroatoms. The molecule has 0 aromatic carbocycles. The lowest BCUT2D eigenvalue weighted by Crippen LogP contribution is -2.57. The van der Waals surface area contributed by atoms with Crippen molar-refractivity contribution in [3.05, 3.63) is 0 Å². The molecule has 0 aromatic rings. The summed E-state index contributed by atoms with van der Waals surface area (Å²) in [4.78, 5) is 30.4. The van der Waals surface area contributed by atoms with Crippen molar-refractivity contribution in [3.63, 3.8) is 0 Å². The normalized spacial score (nSPS) is 19.1. The number of nitrogens with two attached hydrogens (primary N) is 2. The van der Waals surface area contributed by atoms with Gasteiger partial charge in [-0.3, -0.25) is 9.59 Å². The lowest BCUT2D eigenvalue weighted by molar-refractivity contribution is -0.162. The van der Waals surface area contributed by atoms with Crippen LogP contribution in [-0.2, 0) is 19.1 Å². The minimum atomic E-state index is -1.06. The second-order valence-corrected chi connectivity index (χ2v) is 6.68. The van der Waals surface area contributed by atoms with E-state index in [1.54, 1.807) is 9.80 Å². The largest absolute Gasteiger partial charge is 0.378 e. The van der Waals surface area contributed by atoms with Crippen LogP contribution < -0.4 is 11.5 Å². The van der Waals surface area contributed by atoms with Crippen LogP contribution in [0.25, 0.3) is 0 Å². The number of carbonyl (C=O) groups is 2. The zero-order valence-corrected chi connectivity index (χ0v) is 15.1. The van der Waals surface area contributed by atoms with Crippen LogP contribution in [-0.4, -0.2) is 87.3 Å². The number of morpholine rings is 2. The number of carbonyl (C=O) groups excluding carboxylic acids is 2. The number of nitrogens with zero attached hydrogens (tertiary/aromatic N) is 2. The molecule has 2 aliphatic rings. The van der Waals surface area contributed by atoms with Crippen LogP contribution >= 0.6 is 0 Å². The van der Waals surface area contributed by atoms with Gasteiger partial charge in [-0.15, -0.1) is 0 Å². The van der Waals surface area contributed by atoms with Gasteiger partial charge in [0.1, 0.15) is 5.41 Å². The third-order valence-electron chi connectivity index (χ3n) is 5.03. The summed E-state index contributed by atoms with van der Waals surface area (Å²) in [5.41, 5.74) is 10.4. The zero-order valence-electron chi connectivity index (χ0n) is 15.1. The van der Waals surface area contributed by atoms with Gasteiger partial charge in [0.2, 0.25) is 11.8 Å². The van der Waals surface area contributed by atoms with Crippen molar-refractivity contribution >= 4 is 11.8 Å².